The van der Waals surface area contributed by atoms with E-state index in [0.717, 1.165) is 0 Å². The van der Waals surface area contributed by atoms with E-state index >= 15 is 0 Å². The third-order valence-corrected chi connectivity index (χ3v) is 3.16. The van der Waals surface area contributed by atoms with Gasteiger partial charge in [0, 0.05) is 30.1 Å². The summed E-state index contributed by atoms with van der Waals surface area (Å²) in [5.41, 5.74) is 7.29. The van der Waals surface area contributed by atoms with Crippen LogP contribution < -0.4 is 15.4 Å². The highest BCUT2D eigenvalue weighted by atomic mass is 16.5. The van der Waals surface area contributed by atoms with Crippen LogP contribution in [0.5, 0.6) is 11.5 Å². The number of nitrogen functional groups attached to an aromatic ring is 1. The summed E-state index contributed by atoms with van der Waals surface area (Å²) >= 11 is 0. The summed E-state index contributed by atoms with van der Waals surface area (Å²) in [6.07, 6.45) is 0. The lowest BCUT2D eigenvalue weighted by Crippen LogP contribution is -2.30. The predicted molar refractivity (Wildman–Crippen MR) is 82.9 cm³/mol. The third-order valence-electron chi connectivity index (χ3n) is 3.16. The summed E-state index contributed by atoms with van der Waals surface area (Å²) < 4.78 is 5.22. The molecule has 0 fully saturated rings. The summed E-state index contributed by atoms with van der Waals surface area (Å²) in [6.45, 7) is 2.33. The molecule has 2 rings (SSSR count). The van der Waals surface area contributed by atoms with Crippen LogP contribution in [0, 0.1) is 0 Å². The minimum atomic E-state index is -0.208. The number of carbonyl (C=O) groups excluding carboxylic acids is 1. The van der Waals surface area contributed by atoms with Gasteiger partial charge in [0.1, 0.15) is 11.5 Å². The predicted octanol–water partition coefficient (Wildman–Crippen LogP) is 2.65. The van der Waals surface area contributed by atoms with E-state index in [1.807, 2.05) is 6.92 Å². The van der Waals surface area contributed by atoms with E-state index in [1.54, 1.807) is 47.4 Å². The van der Waals surface area contributed by atoms with Crippen LogP contribution in [0.2, 0.25) is 0 Å². The molecule has 21 heavy (non-hydrogen) atoms. The number of phenolic OH excluding ortho intramolecular Hbond substituents is 1. The first-order chi connectivity index (χ1) is 10.1. The van der Waals surface area contributed by atoms with Gasteiger partial charge in [-0.3, -0.25) is 4.79 Å². The molecule has 0 atom stereocenters. The minimum Gasteiger partial charge on any atom is -0.508 e. The number of nitrogens with zero attached hydrogens (tertiary/aromatic N) is 1. The lowest BCUT2D eigenvalue weighted by atomic mass is 10.1. The number of ether oxygens (including phenoxy) is 1. The van der Waals surface area contributed by atoms with Gasteiger partial charge >= 0.3 is 0 Å². The Kier molecular flexibility index (Phi) is 4.33. The number of amides is 1. The number of anilines is 2. The molecular formula is C16H18N2O3. The van der Waals surface area contributed by atoms with Crippen molar-refractivity contribution < 1.29 is 14.6 Å². The summed E-state index contributed by atoms with van der Waals surface area (Å²) in [5, 5.41) is 9.57. The molecule has 0 saturated heterocycles. The number of carbonyl (C=O) groups is 1. The number of aromatic hydroxyl groups is 1. The van der Waals surface area contributed by atoms with E-state index in [9.17, 15) is 9.90 Å². The molecule has 2 aromatic carbocycles. The highest BCUT2D eigenvalue weighted by molar-refractivity contribution is 6.08. The third kappa shape index (κ3) is 3.08. The number of benzene rings is 2. The van der Waals surface area contributed by atoms with Crippen molar-refractivity contribution >= 4 is 17.3 Å². The minimum absolute atomic E-state index is 0.114. The van der Waals surface area contributed by atoms with Crippen molar-refractivity contribution in [1.82, 2.24) is 0 Å². The van der Waals surface area contributed by atoms with Gasteiger partial charge in [-0.2, -0.15) is 0 Å². The molecule has 3 N–H and O–H groups in total. The molecule has 0 aromatic heterocycles. The van der Waals surface area contributed by atoms with Gasteiger partial charge in [-0.15, -0.1) is 0 Å². The Morgan fingerprint density at radius 1 is 1.29 bits per heavy atom. The highest BCUT2D eigenvalue weighted by Gasteiger charge is 2.20. The Balaban J connectivity index is 2.41. The summed E-state index contributed by atoms with van der Waals surface area (Å²) in [6, 6.07) is 11.5. The van der Waals surface area contributed by atoms with E-state index in [4.69, 9.17) is 10.5 Å². The van der Waals surface area contributed by atoms with Crippen molar-refractivity contribution in [2.24, 2.45) is 0 Å². The second-order valence-electron chi connectivity index (χ2n) is 4.53. The van der Waals surface area contributed by atoms with Gasteiger partial charge in [0.15, 0.2) is 0 Å². The van der Waals surface area contributed by atoms with Crippen LogP contribution in [0.15, 0.2) is 42.5 Å². The molecule has 0 aliphatic heterocycles. The number of hydrogen-bond donors (Lipinski definition) is 2. The zero-order valence-corrected chi connectivity index (χ0v) is 12.0. The first kappa shape index (κ1) is 14.7. The van der Waals surface area contributed by atoms with Crippen LogP contribution in [0.25, 0.3) is 0 Å². The van der Waals surface area contributed by atoms with Gasteiger partial charge in [-0.1, -0.05) is 6.07 Å². The van der Waals surface area contributed by atoms with Crippen LogP contribution in [-0.4, -0.2) is 24.7 Å². The molecule has 0 spiro atoms. The SMILES string of the molecule is CCN(C(=O)c1ccc(N)cc1OC)c1cccc(O)c1. The molecule has 0 radical (unpaired) electrons. The molecule has 5 heteroatoms. The first-order valence-corrected chi connectivity index (χ1v) is 6.61. The second kappa shape index (κ2) is 6.17. The van der Waals surface area contributed by atoms with Gasteiger partial charge in [-0.25, -0.2) is 0 Å². The Morgan fingerprint density at radius 3 is 2.67 bits per heavy atom. The van der Waals surface area contributed by atoms with Gasteiger partial charge in [-0.05, 0) is 31.2 Å². The monoisotopic (exact) mass is 286 g/mol. The molecule has 0 aliphatic rings. The normalized spacial score (nSPS) is 10.2. The van der Waals surface area contributed by atoms with Crippen molar-refractivity contribution in [2.75, 3.05) is 24.3 Å². The molecule has 5 nitrogen and oxygen atoms in total. The number of nitrogens with two attached hydrogens (primary N) is 1. The number of methoxy groups -OCH3 is 1. The maximum absolute atomic E-state index is 12.7. The van der Waals surface area contributed by atoms with Crippen molar-refractivity contribution in [3.05, 3.63) is 48.0 Å². The Labute approximate surface area is 123 Å². The molecule has 1 amide bonds. The Hall–Kier alpha value is -2.69. The van der Waals surface area contributed by atoms with Crippen molar-refractivity contribution in [3.8, 4) is 11.5 Å². The van der Waals surface area contributed by atoms with Crippen LogP contribution in [0.3, 0.4) is 0 Å². The lowest BCUT2D eigenvalue weighted by Gasteiger charge is -2.22. The van der Waals surface area contributed by atoms with E-state index < -0.39 is 0 Å². The van der Waals surface area contributed by atoms with Gasteiger partial charge < -0.3 is 20.5 Å². The van der Waals surface area contributed by atoms with Crippen molar-refractivity contribution in [3.63, 3.8) is 0 Å². The van der Waals surface area contributed by atoms with Gasteiger partial charge in [0.25, 0.3) is 5.91 Å². The number of hydrogen-bond acceptors (Lipinski definition) is 4. The van der Waals surface area contributed by atoms with Gasteiger partial charge in [0.2, 0.25) is 0 Å². The molecule has 0 bridgehead atoms. The average molecular weight is 286 g/mol. The summed E-state index contributed by atoms with van der Waals surface area (Å²) in [7, 11) is 1.50. The highest BCUT2D eigenvalue weighted by Crippen LogP contribution is 2.26. The zero-order chi connectivity index (χ0) is 15.4. The Bertz CT molecular complexity index is 656. The van der Waals surface area contributed by atoms with Crippen molar-refractivity contribution in [2.45, 2.75) is 6.92 Å². The maximum atomic E-state index is 12.7. The fourth-order valence-electron chi connectivity index (χ4n) is 2.13. The van der Waals surface area contributed by atoms with E-state index in [-0.39, 0.29) is 11.7 Å². The van der Waals surface area contributed by atoms with Gasteiger partial charge in [0.05, 0.1) is 12.7 Å². The number of phenols is 1. The lowest BCUT2D eigenvalue weighted by molar-refractivity contribution is 0.0985. The maximum Gasteiger partial charge on any atom is 0.262 e. The van der Waals surface area contributed by atoms with E-state index in [1.165, 1.54) is 7.11 Å². The van der Waals surface area contributed by atoms with E-state index in [2.05, 4.69) is 0 Å². The van der Waals surface area contributed by atoms with Crippen molar-refractivity contribution in [1.29, 1.82) is 0 Å². The van der Waals surface area contributed by atoms with E-state index in [0.29, 0.717) is 29.2 Å². The van der Waals surface area contributed by atoms with Crippen LogP contribution in [0.4, 0.5) is 11.4 Å². The number of rotatable bonds is 4. The first-order valence-electron chi connectivity index (χ1n) is 6.61. The molecule has 0 unspecified atom stereocenters. The fraction of sp³-hybridized carbons (Fsp3) is 0.188. The Morgan fingerprint density at radius 2 is 2.05 bits per heavy atom. The largest absolute Gasteiger partial charge is 0.508 e. The second-order valence-corrected chi connectivity index (χ2v) is 4.53. The zero-order valence-electron chi connectivity index (χ0n) is 12.0. The molecule has 110 valence electrons. The van der Waals surface area contributed by atoms with Crippen LogP contribution in [-0.2, 0) is 0 Å². The molecule has 0 heterocycles. The molecule has 2 aromatic rings. The standard InChI is InChI=1S/C16H18N2O3/c1-3-18(12-5-4-6-13(19)10-12)16(20)14-8-7-11(17)9-15(14)21-2/h4-10,19H,3,17H2,1-2H3. The topological polar surface area (TPSA) is 75.8 Å². The van der Waals surface area contributed by atoms with Crippen LogP contribution >= 0.6 is 0 Å². The quantitative estimate of drug-likeness (QED) is 0.847. The molecule has 0 aliphatic carbocycles. The fourth-order valence-corrected chi connectivity index (χ4v) is 2.13. The smallest absolute Gasteiger partial charge is 0.262 e. The average Bonchev–Trinajstić information content (AvgIpc) is 2.47. The summed E-state index contributed by atoms with van der Waals surface area (Å²) in [5.74, 6) is 0.335. The van der Waals surface area contributed by atoms with Crippen LogP contribution in [0.1, 0.15) is 17.3 Å². The molecular weight excluding hydrogens is 268 g/mol. The summed E-state index contributed by atoms with van der Waals surface area (Å²) in [4.78, 5) is 14.3. The molecule has 0 saturated carbocycles.